The summed E-state index contributed by atoms with van der Waals surface area (Å²) in [5.74, 6) is -0.336. The number of hydrogen-bond acceptors (Lipinski definition) is 3. The maximum atomic E-state index is 12.6. The first-order valence-electron chi connectivity index (χ1n) is 9.96. The van der Waals surface area contributed by atoms with Crippen LogP contribution in [0.3, 0.4) is 0 Å². The molecule has 0 bridgehead atoms. The number of para-hydroxylation sites is 1. The summed E-state index contributed by atoms with van der Waals surface area (Å²) >= 11 is 0. The number of likely N-dealkylation sites (tertiary alicyclic amines) is 1. The Hall–Kier alpha value is -3.00. The Bertz CT molecular complexity index is 869. The summed E-state index contributed by atoms with van der Waals surface area (Å²) < 4.78 is 25.0. The number of hydrogen-bond donors (Lipinski definition) is 3. The molecule has 6 nitrogen and oxygen atoms in total. The Morgan fingerprint density at radius 1 is 1.00 bits per heavy atom. The molecule has 0 aliphatic carbocycles. The zero-order valence-electron chi connectivity index (χ0n) is 16.8. The summed E-state index contributed by atoms with van der Waals surface area (Å²) in [6.07, 6.45) is -1.25. The number of carbonyl (C=O) groups is 2. The summed E-state index contributed by atoms with van der Waals surface area (Å²) in [6, 6.07) is 14.0. The zero-order chi connectivity index (χ0) is 21.5. The molecule has 2 aromatic rings. The van der Waals surface area contributed by atoms with E-state index in [4.69, 9.17) is 0 Å². The molecule has 0 saturated carbocycles. The van der Waals surface area contributed by atoms with Crippen LogP contribution in [0.4, 0.5) is 30.6 Å². The number of halogens is 2. The lowest BCUT2D eigenvalue weighted by atomic mass is 9.95. The van der Waals surface area contributed by atoms with E-state index in [0.29, 0.717) is 43.0 Å². The Morgan fingerprint density at radius 2 is 1.67 bits per heavy atom. The van der Waals surface area contributed by atoms with E-state index >= 15 is 0 Å². The van der Waals surface area contributed by atoms with E-state index in [1.54, 1.807) is 29.2 Å². The van der Waals surface area contributed by atoms with Crippen molar-refractivity contribution in [2.24, 2.45) is 5.92 Å². The fourth-order valence-corrected chi connectivity index (χ4v) is 3.46. The summed E-state index contributed by atoms with van der Waals surface area (Å²) in [4.78, 5) is 26.5. The number of urea groups is 1. The number of amides is 3. The maximum absolute atomic E-state index is 12.6. The number of alkyl halides is 2. The molecule has 1 heterocycles. The van der Waals surface area contributed by atoms with Gasteiger partial charge in [-0.3, -0.25) is 9.69 Å². The summed E-state index contributed by atoms with van der Waals surface area (Å²) in [6.45, 7) is 2.60. The summed E-state index contributed by atoms with van der Waals surface area (Å²) in [5.41, 5.74) is 2.71. The average molecular weight is 416 g/mol. The molecule has 1 fully saturated rings. The lowest BCUT2D eigenvalue weighted by molar-refractivity contribution is -0.121. The Morgan fingerprint density at radius 3 is 2.33 bits per heavy atom. The lowest BCUT2D eigenvalue weighted by Gasteiger charge is -2.31. The van der Waals surface area contributed by atoms with Gasteiger partial charge in [-0.2, -0.15) is 0 Å². The molecular weight excluding hydrogens is 390 g/mol. The van der Waals surface area contributed by atoms with Gasteiger partial charge in [-0.1, -0.05) is 24.3 Å². The average Bonchev–Trinajstić information content (AvgIpc) is 2.71. The molecule has 3 rings (SSSR count). The number of nitrogens with zero attached hydrogens (tertiary/aromatic N) is 1. The Labute approximate surface area is 174 Å². The van der Waals surface area contributed by atoms with Gasteiger partial charge >= 0.3 is 6.03 Å². The van der Waals surface area contributed by atoms with Crippen molar-refractivity contribution >= 4 is 29.0 Å². The minimum Gasteiger partial charge on any atom is -0.326 e. The van der Waals surface area contributed by atoms with Crippen molar-refractivity contribution in [3.05, 3.63) is 54.1 Å². The van der Waals surface area contributed by atoms with E-state index in [1.165, 1.54) is 0 Å². The van der Waals surface area contributed by atoms with Crippen LogP contribution in [0.1, 0.15) is 18.4 Å². The standard InChI is InChI=1S/C22H26F2N4O2/c1-15-7-8-18(26-22(30)25-17-5-3-2-4-6-17)13-19(15)27-21(29)16-9-11-28(12-10-16)14-20(23)24/h2-8,13,16,20H,9-12,14H2,1H3,(H,27,29)(H2,25,26,30). The van der Waals surface area contributed by atoms with Crippen LogP contribution in [0.2, 0.25) is 0 Å². The van der Waals surface area contributed by atoms with Crippen LogP contribution in [0.15, 0.2) is 48.5 Å². The largest absolute Gasteiger partial charge is 0.326 e. The molecule has 160 valence electrons. The third kappa shape index (κ3) is 6.25. The summed E-state index contributed by atoms with van der Waals surface area (Å²) in [7, 11) is 0. The number of benzene rings is 2. The van der Waals surface area contributed by atoms with Crippen molar-refractivity contribution in [1.29, 1.82) is 0 Å². The van der Waals surface area contributed by atoms with E-state index in [1.807, 2.05) is 31.2 Å². The van der Waals surface area contributed by atoms with Crippen LogP contribution >= 0.6 is 0 Å². The smallest absolute Gasteiger partial charge is 0.323 e. The van der Waals surface area contributed by atoms with Gasteiger partial charge in [0.05, 0.1) is 6.54 Å². The molecule has 1 saturated heterocycles. The second-order valence-corrected chi connectivity index (χ2v) is 7.43. The van der Waals surface area contributed by atoms with E-state index in [9.17, 15) is 18.4 Å². The Kier molecular flexibility index (Phi) is 7.35. The van der Waals surface area contributed by atoms with Crippen LogP contribution < -0.4 is 16.0 Å². The second kappa shape index (κ2) is 10.2. The van der Waals surface area contributed by atoms with Crippen LogP contribution in [-0.4, -0.2) is 42.9 Å². The van der Waals surface area contributed by atoms with Gasteiger partial charge in [-0.15, -0.1) is 0 Å². The maximum Gasteiger partial charge on any atom is 0.323 e. The number of rotatable bonds is 6. The first-order valence-corrected chi connectivity index (χ1v) is 9.96. The van der Waals surface area contributed by atoms with Gasteiger partial charge in [0, 0.05) is 23.0 Å². The molecule has 3 N–H and O–H groups in total. The van der Waals surface area contributed by atoms with Crippen molar-refractivity contribution in [2.45, 2.75) is 26.2 Å². The molecule has 0 aromatic heterocycles. The van der Waals surface area contributed by atoms with Gasteiger partial charge in [-0.25, -0.2) is 13.6 Å². The predicted molar refractivity (Wildman–Crippen MR) is 114 cm³/mol. The zero-order valence-corrected chi connectivity index (χ0v) is 16.8. The molecule has 1 aliphatic rings. The van der Waals surface area contributed by atoms with Crippen LogP contribution in [0.25, 0.3) is 0 Å². The van der Waals surface area contributed by atoms with Crippen LogP contribution in [0, 0.1) is 12.8 Å². The third-order valence-corrected chi connectivity index (χ3v) is 5.14. The number of nitrogens with one attached hydrogen (secondary N) is 3. The molecule has 1 aliphatic heterocycles. The van der Waals surface area contributed by atoms with Crippen molar-refractivity contribution in [1.82, 2.24) is 4.90 Å². The van der Waals surface area contributed by atoms with Gasteiger partial charge in [0.25, 0.3) is 6.43 Å². The van der Waals surface area contributed by atoms with Crippen molar-refractivity contribution < 1.29 is 18.4 Å². The van der Waals surface area contributed by atoms with Gasteiger partial charge < -0.3 is 16.0 Å². The number of anilines is 3. The summed E-state index contributed by atoms with van der Waals surface area (Å²) in [5, 5.41) is 8.42. The topological polar surface area (TPSA) is 73.5 Å². The van der Waals surface area contributed by atoms with Crippen molar-refractivity contribution in [2.75, 3.05) is 35.6 Å². The van der Waals surface area contributed by atoms with E-state index < -0.39 is 6.43 Å². The fraction of sp³-hybridized carbons (Fsp3) is 0.364. The van der Waals surface area contributed by atoms with Gasteiger partial charge in [0.2, 0.25) is 5.91 Å². The minimum atomic E-state index is -2.35. The fourth-order valence-electron chi connectivity index (χ4n) is 3.46. The van der Waals surface area contributed by atoms with Crippen molar-refractivity contribution in [3.63, 3.8) is 0 Å². The highest BCUT2D eigenvalue weighted by Gasteiger charge is 2.26. The van der Waals surface area contributed by atoms with E-state index in [0.717, 1.165) is 5.56 Å². The molecule has 30 heavy (non-hydrogen) atoms. The van der Waals surface area contributed by atoms with Crippen LogP contribution in [0.5, 0.6) is 0 Å². The molecule has 0 atom stereocenters. The lowest BCUT2D eigenvalue weighted by Crippen LogP contribution is -2.40. The van der Waals surface area contributed by atoms with Gasteiger partial charge in [0.1, 0.15) is 0 Å². The molecule has 0 unspecified atom stereocenters. The van der Waals surface area contributed by atoms with E-state index in [-0.39, 0.29) is 24.4 Å². The number of aryl methyl sites for hydroxylation is 1. The van der Waals surface area contributed by atoms with Gasteiger partial charge in [0.15, 0.2) is 0 Å². The van der Waals surface area contributed by atoms with Crippen molar-refractivity contribution in [3.8, 4) is 0 Å². The van der Waals surface area contributed by atoms with E-state index in [2.05, 4.69) is 16.0 Å². The highest BCUT2D eigenvalue weighted by Crippen LogP contribution is 2.24. The Balaban J connectivity index is 1.56. The monoisotopic (exact) mass is 416 g/mol. The second-order valence-electron chi connectivity index (χ2n) is 7.43. The SMILES string of the molecule is Cc1ccc(NC(=O)Nc2ccccc2)cc1NC(=O)C1CCN(CC(F)F)CC1. The predicted octanol–water partition coefficient (Wildman–Crippen LogP) is 4.55. The normalized spacial score (nSPS) is 15.1. The molecule has 2 aromatic carbocycles. The molecule has 0 radical (unpaired) electrons. The molecule has 0 spiro atoms. The molecular formula is C22H26F2N4O2. The molecule has 3 amide bonds. The highest BCUT2D eigenvalue weighted by molar-refractivity contribution is 6.00. The quantitative estimate of drug-likeness (QED) is 0.647. The number of piperidine rings is 1. The number of carbonyl (C=O) groups excluding carboxylic acids is 2. The highest BCUT2D eigenvalue weighted by atomic mass is 19.3. The first-order chi connectivity index (χ1) is 14.4. The van der Waals surface area contributed by atoms with Gasteiger partial charge in [-0.05, 0) is 62.7 Å². The molecule has 8 heteroatoms. The third-order valence-electron chi connectivity index (χ3n) is 5.14. The van der Waals surface area contributed by atoms with Crippen LogP contribution in [-0.2, 0) is 4.79 Å². The first kappa shape index (κ1) is 21.7. The minimum absolute atomic E-state index is 0.124.